The molecule has 0 aromatic rings. The van der Waals surface area contributed by atoms with Gasteiger partial charge in [-0.15, -0.1) is 0 Å². The number of aliphatic hydroxyl groups excluding tert-OH is 1. The van der Waals surface area contributed by atoms with Gasteiger partial charge in [0.05, 0.1) is 6.10 Å². The zero-order valence-electron chi connectivity index (χ0n) is 25.2. The van der Waals surface area contributed by atoms with E-state index in [1.807, 2.05) is 27.7 Å². The molecule has 1 aliphatic heterocycles. The van der Waals surface area contributed by atoms with Crippen molar-refractivity contribution in [1.82, 2.24) is 0 Å². The molecule has 0 spiro atoms. The molecule has 0 radical (unpaired) electrons. The summed E-state index contributed by atoms with van der Waals surface area (Å²) in [6.45, 7) is 11.2. The Balaban J connectivity index is 1.65. The van der Waals surface area contributed by atoms with E-state index in [0.29, 0.717) is 44.3 Å². The van der Waals surface area contributed by atoms with Crippen LogP contribution in [0, 0.1) is 28.1 Å². The van der Waals surface area contributed by atoms with Crippen molar-refractivity contribution in [2.45, 2.75) is 116 Å². The predicted molar refractivity (Wildman–Crippen MR) is 147 cm³/mol. The molecule has 41 heavy (non-hydrogen) atoms. The van der Waals surface area contributed by atoms with Crippen molar-refractivity contribution in [3.63, 3.8) is 0 Å². The Bertz CT molecular complexity index is 1170. The fourth-order valence-electron chi connectivity index (χ4n) is 9.53. The second-order valence-corrected chi connectivity index (χ2v) is 12.9. The number of carbonyl (C=O) groups is 3. The number of fused-ring (bicyclic) bond motifs is 5. The van der Waals surface area contributed by atoms with Crippen LogP contribution in [0.1, 0.15) is 86.5 Å². The maximum Gasteiger partial charge on any atom is 0.305 e. The van der Waals surface area contributed by atoms with Gasteiger partial charge in [0.2, 0.25) is 0 Å². The van der Waals surface area contributed by atoms with E-state index < -0.39 is 58.1 Å². The first-order valence-electron chi connectivity index (χ1n) is 15.3. The SMILES string of the molecule is CCOC1(CC)OCC(=O)C([C@]2(CC)[C@@H](OC(=O)CC)C[C@H]3[C@@H]4CCC5=CC(=O)C=C[C@]5(C)[C@@]4(F)[C@@H](O)C[C@@]32C)O1. The van der Waals surface area contributed by atoms with Crippen LogP contribution in [0.25, 0.3) is 0 Å². The number of esters is 1. The van der Waals surface area contributed by atoms with Gasteiger partial charge in [0, 0.05) is 36.2 Å². The Morgan fingerprint density at radius 3 is 2.51 bits per heavy atom. The minimum Gasteiger partial charge on any atom is -0.462 e. The maximum absolute atomic E-state index is 17.8. The fourth-order valence-corrected chi connectivity index (χ4v) is 9.53. The van der Waals surface area contributed by atoms with E-state index in [1.54, 1.807) is 19.9 Å². The first-order chi connectivity index (χ1) is 19.3. The van der Waals surface area contributed by atoms with Gasteiger partial charge in [-0.25, -0.2) is 4.39 Å². The molecule has 1 saturated heterocycles. The van der Waals surface area contributed by atoms with Crippen molar-refractivity contribution in [1.29, 1.82) is 0 Å². The van der Waals surface area contributed by atoms with E-state index in [4.69, 9.17) is 18.9 Å². The molecule has 4 aliphatic carbocycles. The number of rotatable bonds is 7. The molecule has 1 N–H and O–H groups in total. The van der Waals surface area contributed by atoms with Crippen molar-refractivity contribution in [2.24, 2.45) is 28.1 Å². The molecule has 8 nitrogen and oxygen atoms in total. The highest BCUT2D eigenvalue weighted by Gasteiger charge is 2.77. The predicted octanol–water partition coefficient (Wildman–Crippen LogP) is 4.77. The lowest BCUT2D eigenvalue weighted by atomic mass is 9.42. The molecule has 9 heteroatoms. The van der Waals surface area contributed by atoms with E-state index >= 15 is 4.39 Å². The summed E-state index contributed by atoms with van der Waals surface area (Å²) in [6, 6.07) is 0. The van der Waals surface area contributed by atoms with Gasteiger partial charge in [0.25, 0.3) is 5.97 Å². The first-order valence-corrected chi connectivity index (χ1v) is 15.3. The van der Waals surface area contributed by atoms with E-state index in [0.717, 1.165) is 0 Å². The summed E-state index contributed by atoms with van der Waals surface area (Å²) < 4.78 is 42.1. The topological polar surface area (TPSA) is 108 Å². The van der Waals surface area contributed by atoms with Crippen LogP contribution in [0.4, 0.5) is 4.39 Å². The Kier molecular flexibility index (Phi) is 7.70. The van der Waals surface area contributed by atoms with Crippen LogP contribution in [-0.4, -0.2) is 65.8 Å². The largest absolute Gasteiger partial charge is 0.462 e. The molecule has 0 aromatic carbocycles. The quantitative estimate of drug-likeness (QED) is 0.432. The fraction of sp³-hybridized carbons (Fsp3) is 0.781. The van der Waals surface area contributed by atoms with Gasteiger partial charge >= 0.3 is 5.97 Å². The number of Topliss-reactive ketones (excluding diaryl/α,β-unsaturated/α-hetero) is 1. The molecule has 2 unspecified atom stereocenters. The Morgan fingerprint density at radius 2 is 1.88 bits per heavy atom. The minimum atomic E-state index is -2.04. The zero-order chi connectivity index (χ0) is 30.0. The van der Waals surface area contributed by atoms with Crippen LogP contribution < -0.4 is 0 Å². The monoisotopic (exact) mass is 576 g/mol. The summed E-state index contributed by atoms with van der Waals surface area (Å²) in [7, 11) is 0. The lowest BCUT2D eigenvalue weighted by Crippen LogP contribution is -2.70. The second-order valence-electron chi connectivity index (χ2n) is 12.9. The van der Waals surface area contributed by atoms with E-state index in [-0.39, 0.29) is 36.9 Å². The number of aliphatic hydroxyl groups is 1. The number of ketones is 2. The molecule has 1 heterocycles. The minimum absolute atomic E-state index is 0.0467. The third kappa shape index (κ3) is 4.01. The molecule has 10 atom stereocenters. The molecular formula is C32H45FO8. The normalized spacial score (nSPS) is 47.3. The van der Waals surface area contributed by atoms with Gasteiger partial charge in [-0.05, 0) is 69.4 Å². The van der Waals surface area contributed by atoms with Crippen molar-refractivity contribution < 1.29 is 42.8 Å². The van der Waals surface area contributed by atoms with Crippen molar-refractivity contribution >= 4 is 17.5 Å². The number of hydrogen-bond acceptors (Lipinski definition) is 8. The summed E-state index contributed by atoms with van der Waals surface area (Å²) in [5, 5.41) is 11.9. The maximum atomic E-state index is 17.8. The molecule has 4 fully saturated rings. The number of hydrogen-bond donors (Lipinski definition) is 1. The number of allylic oxidation sites excluding steroid dienone is 4. The standard InChI is InChI=1S/C32H45FO8/c1-7-26(37)40-25-16-22-21-12-11-19-15-20(34)13-14-28(19,5)32(21,33)24(36)17-29(22,6)30(25,8-2)27-23(35)18-39-31(9-3,41-27)38-10-4/h13-15,21-22,24-25,27,36H,7-12,16-18H2,1-6H3/t21-,22-,24-,25-,27?,28-,29-,30-,31?,32-/m0/s1. The van der Waals surface area contributed by atoms with Crippen LogP contribution in [0.5, 0.6) is 0 Å². The Morgan fingerprint density at radius 1 is 1.15 bits per heavy atom. The van der Waals surface area contributed by atoms with Gasteiger partial charge in [0.15, 0.2) is 17.2 Å². The van der Waals surface area contributed by atoms with Gasteiger partial charge in [-0.3, -0.25) is 14.4 Å². The van der Waals surface area contributed by atoms with Crippen LogP contribution >= 0.6 is 0 Å². The summed E-state index contributed by atoms with van der Waals surface area (Å²) in [5.74, 6) is -3.20. The first kappa shape index (κ1) is 30.5. The highest BCUT2D eigenvalue weighted by atomic mass is 19.1. The second kappa shape index (κ2) is 10.4. The molecule has 0 bridgehead atoms. The molecular weight excluding hydrogens is 531 g/mol. The molecule has 0 amide bonds. The summed E-state index contributed by atoms with van der Waals surface area (Å²) in [5.41, 5.74) is -4.36. The van der Waals surface area contributed by atoms with E-state index in [2.05, 4.69) is 0 Å². The van der Waals surface area contributed by atoms with Crippen LogP contribution in [0.3, 0.4) is 0 Å². The Labute approximate surface area is 242 Å². The highest BCUT2D eigenvalue weighted by Crippen LogP contribution is 2.74. The lowest BCUT2D eigenvalue weighted by molar-refractivity contribution is -0.415. The molecule has 5 aliphatic rings. The Hall–Kier alpha value is -1.94. The van der Waals surface area contributed by atoms with Crippen LogP contribution in [0.15, 0.2) is 23.8 Å². The smallest absolute Gasteiger partial charge is 0.305 e. The van der Waals surface area contributed by atoms with Gasteiger partial charge in [0.1, 0.15) is 18.8 Å². The molecule has 5 rings (SSSR count). The molecule has 0 aromatic heterocycles. The number of carbonyl (C=O) groups excluding carboxylic acids is 3. The average molecular weight is 577 g/mol. The highest BCUT2D eigenvalue weighted by molar-refractivity contribution is 6.01. The third-order valence-corrected chi connectivity index (χ3v) is 11.6. The third-order valence-electron chi connectivity index (χ3n) is 11.6. The van der Waals surface area contributed by atoms with Crippen LogP contribution in [0.2, 0.25) is 0 Å². The van der Waals surface area contributed by atoms with E-state index in [1.165, 1.54) is 12.2 Å². The van der Waals surface area contributed by atoms with E-state index in [9.17, 15) is 19.5 Å². The van der Waals surface area contributed by atoms with Crippen molar-refractivity contribution in [3.8, 4) is 0 Å². The molecule has 228 valence electrons. The van der Waals surface area contributed by atoms with Gasteiger partial charge in [-0.1, -0.05) is 39.3 Å². The number of alkyl halides is 1. The number of halogens is 1. The lowest BCUT2D eigenvalue weighted by Gasteiger charge is -2.64. The van der Waals surface area contributed by atoms with Gasteiger partial charge < -0.3 is 24.1 Å². The van der Waals surface area contributed by atoms with Crippen molar-refractivity contribution in [2.75, 3.05) is 13.2 Å². The summed E-state index contributed by atoms with van der Waals surface area (Å²) in [4.78, 5) is 38.8. The summed E-state index contributed by atoms with van der Waals surface area (Å²) in [6.07, 6.45) is 3.62. The average Bonchev–Trinajstić information content (AvgIpc) is 3.18. The van der Waals surface area contributed by atoms with Crippen molar-refractivity contribution in [3.05, 3.63) is 23.8 Å². The number of ether oxygens (including phenoxy) is 4. The van der Waals surface area contributed by atoms with Crippen LogP contribution in [-0.2, 0) is 33.3 Å². The van der Waals surface area contributed by atoms with Gasteiger partial charge in [-0.2, -0.15) is 0 Å². The summed E-state index contributed by atoms with van der Waals surface area (Å²) >= 11 is 0. The zero-order valence-corrected chi connectivity index (χ0v) is 25.2. The molecule has 3 saturated carbocycles.